The average Bonchev–Trinajstić information content (AvgIpc) is 2.65. The van der Waals surface area contributed by atoms with Crippen LogP contribution in [0.4, 0.5) is 10.6 Å². The monoisotopic (exact) mass is 205 g/mol. The Hall–Kier alpha value is -2.11. The fourth-order valence-corrected chi connectivity index (χ4v) is 1.21. The van der Waals surface area contributed by atoms with Crippen LogP contribution < -0.4 is 10.6 Å². The Morgan fingerprint density at radius 3 is 3.27 bits per heavy atom. The highest BCUT2D eigenvalue weighted by Gasteiger charge is 2.03. The number of anilines is 1. The van der Waals surface area contributed by atoms with Gasteiger partial charge < -0.3 is 10.3 Å². The van der Waals surface area contributed by atoms with Crippen molar-refractivity contribution >= 4 is 23.0 Å². The van der Waals surface area contributed by atoms with Crippen LogP contribution in [0.1, 0.15) is 6.92 Å². The lowest BCUT2D eigenvalue weighted by Crippen LogP contribution is -2.28. The second kappa shape index (κ2) is 3.95. The van der Waals surface area contributed by atoms with E-state index in [0.717, 1.165) is 5.52 Å². The number of aromatic amines is 1. The topological polar surface area (TPSA) is 82.7 Å². The van der Waals surface area contributed by atoms with Crippen molar-refractivity contribution in [3.8, 4) is 0 Å². The van der Waals surface area contributed by atoms with Gasteiger partial charge in [-0.3, -0.25) is 5.32 Å². The smallest absolute Gasteiger partial charge is 0.320 e. The number of hydrogen-bond acceptors (Lipinski definition) is 3. The predicted molar refractivity (Wildman–Crippen MR) is 56.6 cm³/mol. The minimum Gasteiger partial charge on any atom is -0.345 e. The summed E-state index contributed by atoms with van der Waals surface area (Å²) in [5, 5.41) is 5.20. The lowest BCUT2D eigenvalue weighted by molar-refractivity contribution is 0.252. The molecule has 3 N–H and O–H groups in total. The molecule has 0 saturated carbocycles. The van der Waals surface area contributed by atoms with Gasteiger partial charge in [0.15, 0.2) is 11.5 Å². The Bertz CT molecular complexity index is 478. The zero-order chi connectivity index (χ0) is 10.7. The fraction of sp³-hybridized carbons (Fsp3) is 0.222. The molecule has 0 aromatic carbocycles. The Balaban J connectivity index is 2.17. The highest BCUT2D eigenvalue weighted by Crippen LogP contribution is 2.09. The summed E-state index contributed by atoms with van der Waals surface area (Å²) in [4.78, 5) is 22.4. The fourth-order valence-electron chi connectivity index (χ4n) is 1.21. The van der Waals surface area contributed by atoms with Crippen LogP contribution in [-0.4, -0.2) is 27.5 Å². The third-order valence-corrected chi connectivity index (χ3v) is 1.84. The molecular weight excluding hydrogens is 194 g/mol. The van der Waals surface area contributed by atoms with Crippen LogP contribution in [0.3, 0.4) is 0 Å². The van der Waals surface area contributed by atoms with Crippen LogP contribution >= 0.6 is 0 Å². The summed E-state index contributed by atoms with van der Waals surface area (Å²) in [5.41, 5.74) is 1.43. The Labute approximate surface area is 86.1 Å². The first kappa shape index (κ1) is 9.45. The molecule has 2 amide bonds. The number of aromatic nitrogens is 3. The van der Waals surface area contributed by atoms with E-state index in [1.807, 2.05) is 6.92 Å². The number of amides is 2. The van der Waals surface area contributed by atoms with Gasteiger partial charge in [-0.05, 0) is 13.0 Å². The number of urea groups is 1. The van der Waals surface area contributed by atoms with E-state index >= 15 is 0 Å². The largest absolute Gasteiger partial charge is 0.345 e. The maximum atomic E-state index is 11.2. The molecule has 2 heterocycles. The van der Waals surface area contributed by atoms with Crippen molar-refractivity contribution in [3.63, 3.8) is 0 Å². The van der Waals surface area contributed by atoms with E-state index in [0.29, 0.717) is 18.0 Å². The molecule has 2 rings (SSSR count). The van der Waals surface area contributed by atoms with Crippen LogP contribution in [0, 0.1) is 0 Å². The van der Waals surface area contributed by atoms with Crippen molar-refractivity contribution in [1.29, 1.82) is 0 Å². The van der Waals surface area contributed by atoms with E-state index < -0.39 is 0 Å². The van der Waals surface area contributed by atoms with E-state index in [4.69, 9.17) is 0 Å². The lowest BCUT2D eigenvalue weighted by atomic mass is 10.5. The first-order chi connectivity index (χ1) is 7.29. The van der Waals surface area contributed by atoms with Crippen LogP contribution in [-0.2, 0) is 0 Å². The van der Waals surface area contributed by atoms with Gasteiger partial charge in [-0.25, -0.2) is 14.8 Å². The molecular formula is C9H11N5O. The van der Waals surface area contributed by atoms with E-state index in [-0.39, 0.29) is 6.03 Å². The molecule has 0 bridgehead atoms. The van der Waals surface area contributed by atoms with Crippen molar-refractivity contribution in [1.82, 2.24) is 20.3 Å². The van der Waals surface area contributed by atoms with Crippen LogP contribution in [0.5, 0.6) is 0 Å². The summed E-state index contributed by atoms with van der Waals surface area (Å²) in [7, 11) is 0. The zero-order valence-corrected chi connectivity index (χ0v) is 8.24. The summed E-state index contributed by atoms with van der Waals surface area (Å²) in [5.74, 6) is 0.438. The number of nitrogens with zero attached hydrogens (tertiary/aromatic N) is 2. The standard InChI is InChI=1S/C9H11N5O/c1-2-10-9(15)14-7-5-12-8-6(13-7)3-4-11-8/h3-5H,2H2,1H3,(H,11,12)(H2,10,13,14,15). The van der Waals surface area contributed by atoms with Gasteiger partial charge in [-0.15, -0.1) is 0 Å². The Morgan fingerprint density at radius 2 is 2.47 bits per heavy atom. The second-order valence-corrected chi connectivity index (χ2v) is 2.95. The highest BCUT2D eigenvalue weighted by atomic mass is 16.2. The molecule has 2 aromatic heterocycles. The maximum absolute atomic E-state index is 11.2. The number of rotatable bonds is 2. The van der Waals surface area contributed by atoms with Crippen LogP contribution in [0.25, 0.3) is 11.2 Å². The normalized spacial score (nSPS) is 10.2. The van der Waals surface area contributed by atoms with E-state index in [1.54, 1.807) is 12.3 Å². The molecule has 15 heavy (non-hydrogen) atoms. The highest BCUT2D eigenvalue weighted by molar-refractivity contribution is 5.88. The number of hydrogen-bond donors (Lipinski definition) is 3. The van der Waals surface area contributed by atoms with Gasteiger partial charge in [-0.1, -0.05) is 0 Å². The van der Waals surface area contributed by atoms with Gasteiger partial charge >= 0.3 is 6.03 Å². The number of fused-ring (bicyclic) bond motifs is 1. The van der Waals surface area contributed by atoms with Crippen LogP contribution in [0.2, 0.25) is 0 Å². The maximum Gasteiger partial charge on any atom is 0.320 e. The molecule has 0 radical (unpaired) electrons. The first-order valence-corrected chi connectivity index (χ1v) is 4.64. The summed E-state index contributed by atoms with van der Waals surface area (Å²) < 4.78 is 0. The predicted octanol–water partition coefficient (Wildman–Crippen LogP) is 1.10. The molecule has 0 aliphatic heterocycles. The van der Waals surface area contributed by atoms with Crippen molar-refractivity contribution in [2.75, 3.05) is 11.9 Å². The van der Waals surface area contributed by atoms with Gasteiger partial charge in [0.05, 0.1) is 6.20 Å². The molecule has 0 atom stereocenters. The molecule has 6 heteroatoms. The second-order valence-electron chi connectivity index (χ2n) is 2.95. The summed E-state index contributed by atoms with van der Waals surface area (Å²) in [6.07, 6.45) is 3.26. The summed E-state index contributed by atoms with van der Waals surface area (Å²) in [6.45, 7) is 2.42. The molecule has 0 spiro atoms. The minimum absolute atomic E-state index is 0.276. The molecule has 0 aliphatic carbocycles. The van der Waals surface area contributed by atoms with Crippen molar-refractivity contribution in [3.05, 3.63) is 18.5 Å². The van der Waals surface area contributed by atoms with E-state index in [1.165, 1.54) is 6.20 Å². The average molecular weight is 205 g/mol. The van der Waals surface area contributed by atoms with Gasteiger partial charge in [0.2, 0.25) is 0 Å². The quantitative estimate of drug-likeness (QED) is 0.686. The Kier molecular flexibility index (Phi) is 2.49. The molecule has 0 saturated heterocycles. The first-order valence-electron chi connectivity index (χ1n) is 4.64. The van der Waals surface area contributed by atoms with Crippen molar-refractivity contribution in [2.45, 2.75) is 6.92 Å². The van der Waals surface area contributed by atoms with Gasteiger partial charge in [0.1, 0.15) is 5.52 Å². The van der Waals surface area contributed by atoms with Gasteiger partial charge in [-0.2, -0.15) is 0 Å². The summed E-state index contributed by atoms with van der Waals surface area (Å²) in [6, 6.07) is 1.52. The zero-order valence-electron chi connectivity index (χ0n) is 8.24. The van der Waals surface area contributed by atoms with E-state index in [9.17, 15) is 4.79 Å². The number of carbonyl (C=O) groups is 1. The molecule has 0 fully saturated rings. The number of nitrogens with one attached hydrogen (secondary N) is 3. The van der Waals surface area contributed by atoms with Crippen molar-refractivity contribution < 1.29 is 4.79 Å². The van der Waals surface area contributed by atoms with Crippen molar-refractivity contribution in [2.24, 2.45) is 0 Å². The number of carbonyl (C=O) groups excluding carboxylic acids is 1. The lowest BCUT2D eigenvalue weighted by Gasteiger charge is -2.03. The third-order valence-electron chi connectivity index (χ3n) is 1.84. The molecule has 2 aromatic rings. The van der Waals surface area contributed by atoms with Gasteiger partial charge in [0, 0.05) is 12.7 Å². The van der Waals surface area contributed by atoms with E-state index in [2.05, 4.69) is 25.6 Å². The molecule has 0 aliphatic rings. The molecule has 6 nitrogen and oxygen atoms in total. The van der Waals surface area contributed by atoms with Gasteiger partial charge in [0.25, 0.3) is 0 Å². The third kappa shape index (κ3) is 2.04. The number of H-pyrrole nitrogens is 1. The Morgan fingerprint density at radius 1 is 1.60 bits per heavy atom. The summed E-state index contributed by atoms with van der Waals surface area (Å²) >= 11 is 0. The SMILES string of the molecule is CCNC(=O)Nc1cnc2[nH]ccc2n1. The molecule has 78 valence electrons. The minimum atomic E-state index is -0.276. The van der Waals surface area contributed by atoms with Crippen LogP contribution in [0.15, 0.2) is 18.5 Å². The molecule has 0 unspecified atom stereocenters.